The quantitative estimate of drug-likeness (QED) is 0.207. The molecule has 8 rings (SSSR count). The fraction of sp³-hybridized carbons (Fsp3) is 0. The first-order chi connectivity index (χ1) is 19.7. The van der Waals surface area contributed by atoms with Crippen molar-refractivity contribution in [3.8, 4) is 17.1 Å². The van der Waals surface area contributed by atoms with Gasteiger partial charge < -0.3 is 4.57 Å². The van der Waals surface area contributed by atoms with Crippen LogP contribution in [-0.4, -0.2) is 14.5 Å². The number of rotatable bonds is 4. The van der Waals surface area contributed by atoms with E-state index in [-0.39, 0.29) is 0 Å². The summed E-state index contributed by atoms with van der Waals surface area (Å²) in [5, 5.41) is 5.85. The second-order valence-electron chi connectivity index (χ2n) is 9.83. The maximum absolute atomic E-state index is 6.46. The van der Waals surface area contributed by atoms with Crippen LogP contribution in [0.25, 0.3) is 38.9 Å². The number of aromatic nitrogens is 3. The minimum absolute atomic E-state index is 0.705. The van der Waals surface area contributed by atoms with Gasteiger partial charge in [0.1, 0.15) is 0 Å². The molecular weight excluding hydrogens is 546 g/mol. The molecule has 0 radical (unpaired) electrons. The lowest BCUT2D eigenvalue weighted by Gasteiger charge is -2.23. The molecule has 1 aliphatic rings. The van der Waals surface area contributed by atoms with Crippen LogP contribution in [0.1, 0.15) is 0 Å². The van der Waals surface area contributed by atoms with Crippen LogP contribution in [0.2, 0.25) is 0 Å². The lowest BCUT2D eigenvalue weighted by atomic mass is 10.1. The lowest BCUT2D eigenvalue weighted by Crippen LogP contribution is -2.25. The van der Waals surface area contributed by atoms with E-state index in [1.807, 2.05) is 36.3 Å². The molecule has 0 N–H and O–H groups in total. The van der Waals surface area contributed by atoms with Gasteiger partial charge in [0.05, 0.1) is 16.7 Å². The van der Waals surface area contributed by atoms with Crippen LogP contribution in [0, 0.1) is 0 Å². The Bertz CT molecular complexity index is 2060. The van der Waals surface area contributed by atoms with E-state index in [0.29, 0.717) is 5.82 Å². The molecule has 0 atom stereocenters. The molecule has 0 unspecified atom stereocenters. The Kier molecular flexibility index (Phi) is 5.53. The molecule has 0 amide bonds. The Morgan fingerprint density at radius 2 is 1.25 bits per heavy atom. The second kappa shape index (κ2) is 9.28. The molecule has 190 valence electrons. The van der Waals surface area contributed by atoms with Crippen LogP contribution in [0.3, 0.4) is 0 Å². The standard InChI is InChI=1S/C34H22N3PS2/c39-38(24-10-3-1-4-11-24,25-12-5-2-6-13-25)26-21-35-34(36-22-26)23-18-19-30-32(20-23)40-31-17-9-15-28-27-14-7-8-16-29(27)37(30)33(28)31/h1-22H. The average Bonchev–Trinajstić information content (AvgIpc) is 3.37. The molecule has 1 aliphatic heterocycles. The Hall–Kier alpha value is -4.02. The highest BCUT2D eigenvalue weighted by atomic mass is 32.4. The van der Waals surface area contributed by atoms with Crippen LogP contribution in [0.4, 0.5) is 0 Å². The van der Waals surface area contributed by atoms with Crippen molar-refractivity contribution in [3.05, 3.63) is 134 Å². The zero-order valence-electron chi connectivity index (χ0n) is 21.3. The molecule has 0 saturated carbocycles. The van der Waals surface area contributed by atoms with Gasteiger partial charge in [-0.3, -0.25) is 0 Å². The highest BCUT2D eigenvalue weighted by Crippen LogP contribution is 2.47. The predicted octanol–water partition coefficient (Wildman–Crippen LogP) is 7.46. The van der Waals surface area contributed by atoms with Gasteiger partial charge in [-0.2, -0.15) is 0 Å². The van der Waals surface area contributed by atoms with Crippen LogP contribution in [0.5, 0.6) is 0 Å². The maximum atomic E-state index is 6.46. The second-order valence-corrected chi connectivity index (χ2v) is 15.3. The number of hydrogen-bond acceptors (Lipinski definition) is 4. The third-order valence-corrected chi connectivity index (χ3v) is 13.6. The first kappa shape index (κ1) is 23.8. The van der Waals surface area contributed by atoms with Gasteiger partial charge in [-0.15, -0.1) is 0 Å². The van der Waals surface area contributed by atoms with E-state index in [4.69, 9.17) is 21.8 Å². The van der Waals surface area contributed by atoms with E-state index in [1.54, 1.807) is 0 Å². The van der Waals surface area contributed by atoms with E-state index in [1.165, 1.54) is 37.3 Å². The normalized spacial score (nSPS) is 12.5. The Balaban J connectivity index is 1.23. The van der Waals surface area contributed by atoms with Gasteiger partial charge >= 0.3 is 0 Å². The highest BCUT2D eigenvalue weighted by molar-refractivity contribution is 8.25. The van der Waals surface area contributed by atoms with Crippen LogP contribution in [-0.2, 0) is 11.8 Å². The molecule has 2 aromatic heterocycles. The van der Waals surface area contributed by atoms with Gasteiger partial charge in [-0.25, -0.2) is 9.97 Å². The van der Waals surface area contributed by atoms with E-state index in [0.717, 1.165) is 21.5 Å². The minimum atomic E-state index is -2.28. The maximum Gasteiger partial charge on any atom is 0.159 e. The smallest absolute Gasteiger partial charge is 0.159 e. The molecule has 3 nitrogen and oxygen atoms in total. The average molecular weight is 568 g/mol. The molecule has 0 aliphatic carbocycles. The molecule has 0 spiro atoms. The van der Waals surface area contributed by atoms with Crippen molar-refractivity contribution in [2.75, 3.05) is 0 Å². The van der Waals surface area contributed by atoms with Crippen molar-refractivity contribution < 1.29 is 0 Å². The minimum Gasteiger partial charge on any atom is -0.307 e. The summed E-state index contributed by atoms with van der Waals surface area (Å²) in [6, 6.07) is 40.3. The SMILES string of the molecule is S=P(c1ccccc1)(c1ccccc1)c1cnc(-c2ccc3c(c2)Sc2cccc4c5ccccc5n-3c24)nc1. The predicted molar refractivity (Wildman–Crippen MR) is 172 cm³/mol. The Labute approximate surface area is 241 Å². The number of hydrogen-bond donors (Lipinski definition) is 0. The van der Waals surface area contributed by atoms with Gasteiger partial charge in [-0.1, -0.05) is 115 Å². The molecule has 0 bridgehead atoms. The van der Waals surface area contributed by atoms with Crippen LogP contribution in [0.15, 0.2) is 144 Å². The Morgan fingerprint density at radius 1 is 0.600 bits per heavy atom. The number of fused-ring (bicyclic) bond motifs is 5. The summed E-state index contributed by atoms with van der Waals surface area (Å²) in [5.41, 5.74) is 4.70. The molecule has 0 fully saturated rings. The van der Waals surface area contributed by atoms with Gasteiger partial charge in [0.25, 0.3) is 0 Å². The number of para-hydroxylation sites is 2. The van der Waals surface area contributed by atoms with Gasteiger partial charge in [0.15, 0.2) is 5.82 Å². The van der Waals surface area contributed by atoms with E-state index >= 15 is 0 Å². The van der Waals surface area contributed by atoms with Gasteiger partial charge in [0.2, 0.25) is 0 Å². The molecule has 7 aromatic rings. The van der Waals surface area contributed by atoms with E-state index in [9.17, 15) is 0 Å². The summed E-state index contributed by atoms with van der Waals surface area (Å²) in [4.78, 5) is 12.2. The summed E-state index contributed by atoms with van der Waals surface area (Å²) in [5.74, 6) is 0.705. The summed E-state index contributed by atoms with van der Waals surface area (Å²) in [6.45, 7) is 0. The fourth-order valence-corrected chi connectivity index (χ4v) is 10.4. The first-order valence-electron chi connectivity index (χ1n) is 13.1. The van der Waals surface area contributed by atoms with Crippen molar-refractivity contribution in [1.29, 1.82) is 0 Å². The summed E-state index contributed by atoms with van der Waals surface area (Å²) < 4.78 is 2.40. The van der Waals surface area contributed by atoms with Crippen molar-refractivity contribution in [2.24, 2.45) is 0 Å². The van der Waals surface area contributed by atoms with E-state index < -0.39 is 6.04 Å². The molecule has 3 heterocycles. The zero-order chi connectivity index (χ0) is 26.7. The summed E-state index contributed by atoms with van der Waals surface area (Å²) >= 11 is 8.28. The third kappa shape index (κ3) is 3.55. The zero-order valence-corrected chi connectivity index (χ0v) is 23.8. The van der Waals surface area contributed by atoms with Crippen molar-refractivity contribution in [1.82, 2.24) is 14.5 Å². The fourth-order valence-electron chi connectivity index (χ4n) is 5.71. The molecule has 5 aromatic carbocycles. The topological polar surface area (TPSA) is 30.7 Å². The van der Waals surface area contributed by atoms with Crippen molar-refractivity contribution >= 4 is 67.3 Å². The van der Waals surface area contributed by atoms with Gasteiger partial charge in [-0.05, 0) is 40.9 Å². The largest absolute Gasteiger partial charge is 0.307 e. The third-order valence-electron chi connectivity index (χ3n) is 7.58. The van der Waals surface area contributed by atoms with Gasteiger partial charge in [0, 0.05) is 49.9 Å². The lowest BCUT2D eigenvalue weighted by molar-refractivity contribution is 1.09. The molecule has 0 saturated heterocycles. The summed E-state index contributed by atoms with van der Waals surface area (Å²) in [7, 11) is 0. The number of benzene rings is 5. The highest BCUT2D eigenvalue weighted by Gasteiger charge is 2.26. The Morgan fingerprint density at radius 3 is 1.98 bits per heavy atom. The van der Waals surface area contributed by atoms with E-state index in [2.05, 4.69) is 114 Å². The van der Waals surface area contributed by atoms with Crippen LogP contribution < -0.4 is 15.9 Å². The molecule has 40 heavy (non-hydrogen) atoms. The number of nitrogens with zero attached hydrogens (tertiary/aromatic N) is 3. The van der Waals surface area contributed by atoms with Crippen LogP contribution >= 0.6 is 17.8 Å². The van der Waals surface area contributed by atoms with Crippen molar-refractivity contribution in [2.45, 2.75) is 9.79 Å². The summed E-state index contributed by atoms with van der Waals surface area (Å²) in [6.07, 6.45) is 3.88. The molecule has 6 heteroatoms. The first-order valence-corrected chi connectivity index (χ1v) is 16.7. The molecular formula is C34H22N3PS2. The monoisotopic (exact) mass is 567 g/mol. The van der Waals surface area contributed by atoms with Crippen molar-refractivity contribution in [3.63, 3.8) is 0 Å².